The Balaban J connectivity index is 2.00. The van der Waals surface area contributed by atoms with Crippen molar-refractivity contribution in [2.75, 3.05) is 19.7 Å². The highest BCUT2D eigenvalue weighted by Gasteiger charge is 2.26. The van der Waals surface area contributed by atoms with Crippen molar-refractivity contribution in [1.29, 1.82) is 0 Å². The van der Waals surface area contributed by atoms with Gasteiger partial charge in [0, 0.05) is 24.9 Å². The summed E-state index contributed by atoms with van der Waals surface area (Å²) in [5.74, 6) is 2.06. The molecule has 1 aromatic heterocycles. The topological polar surface area (TPSA) is 49.5 Å². The summed E-state index contributed by atoms with van der Waals surface area (Å²) < 4.78 is 5.69. The van der Waals surface area contributed by atoms with Crippen LogP contribution in [0.25, 0.3) is 0 Å². The Hall–Kier alpha value is -0.870. The summed E-state index contributed by atoms with van der Waals surface area (Å²) in [6.45, 7) is 6.80. The monoisotopic (exact) mass is 238 g/mol. The van der Waals surface area contributed by atoms with E-state index in [-0.39, 0.29) is 6.61 Å². The van der Waals surface area contributed by atoms with Gasteiger partial charge in [-0.2, -0.15) is 0 Å². The number of aromatic nitrogens is 1. The molecule has 96 valence electrons. The van der Waals surface area contributed by atoms with Crippen LogP contribution in [0.2, 0.25) is 0 Å². The summed E-state index contributed by atoms with van der Waals surface area (Å²) in [7, 11) is 0. The van der Waals surface area contributed by atoms with Gasteiger partial charge < -0.3 is 14.4 Å². The van der Waals surface area contributed by atoms with Gasteiger partial charge in [-0.3, -0.25) is 0 Å². The van der Waals surface area contributed by atoms with Crippen LogP contribution in [0.5, 0.6) is 0 Å². The molecule has 0 amide bonds. The highest BCUT2D eigenvalue weighted by Crippen LogP contribution is 2.27. The average Bonchev–Trinajstić information content (AvgIpc) is 2.78. The first-order chi connectivity index (χ1) is 8.20. The molecule has 0 spiro atoms. The minimum atomic E-state index is 0.122. The highest BCUT2D eigenvalue weighted by molar-refractivity contribution is 5.01. The second-order valence-electron chi connectivity index (χ2n) is 5.07. The predicted octanol–water partition coefficient (Wildman–Crippen LogP) is 1.80. The van der Waals surface area contributed by atoms with Crippen molar-refractivity contribution in [1.82, 2.24) is 9.88 Å². The van der Waals surface area contributed by atoms with E-state index in [4.69, 9.17) is 9.52 Å². The van der Waals surface area contributed by atoms with Crippen molar-refractivity contribution >= 4 is 0 Å². The van der Waals surface area contributed by atoms with Crippen LogP contribution >= 0.6 is 0 Å². The van der Waals surface area contributed by atoms with E-state index < -0.39 is 0 Å². The normalized spacial score (nSPS) is 22.2. The molecule has 1 aromatic rings. The molecule has 1 atom stereocenters. The fraction of sp³-hybridized carbons (Fsp3) is 0.769. The van der Waals surface area contributed by atoms with Gasteiger partial charge in [0.15, 0.2) is 5.89 Å². The van der Waals surface area contributed by atoms with Crippen LogP contribution in [-0.2, 0) is 6.42 Å². The molecule has 2 rings (SSSR count). The van der Waals surface area contributed by atoms with Crippen LogP contribution in [0, 0.1) is 0 Å². The number of likely N-dealkylation sites (tertiary alicyclic amines) is 1. The van der Waals surface area contributed by atoms with E-state index in [1.165, 1.54) is 13.0 Å². The van der Waals surface area contributed by atoms with Crippen molar-refractivity contribution in [2.24, 2.45) is 0 Å². The molecule has 1 N–H and O–H groups in total. The van der Waals surface area contributed by atoms with E-state index >= 15 is 0 Å². The number of hydrogen-bond donors (Lipinski definition) is 1. The molecule has 0 aliphatic carbocycles. The molecule has 1 aliphatic heterocycles. The van der Waals surface area contributed by atoms with Crippen LogP contribution in [0.3, 0.4) is 0 Å². The van der Waals surface area contributed by atoms with E-state index in [0.29, 0.717) is 18.4 Å². The van der Waals surface area contributed by atoms with Crippen LogP contribution in [0.15, 0.2) is 10.6 Å². The van der Waals surface area contributed by atoms with Gasteiger partial charge in [0.25, 0.3) is 0 Å². The first-order valence-corrected chi connectivity index (χ1v) is 6.50. The fourth-order valence-corrected chi connectivity index (χ4v) is 2.41. The summed E-state index contributed by atoms with van der Waals surface area (Å²) in [6, 6.07) is 0.588. The first kappa shape index (κ1) is 12.6. The molecular weight excluding hydrogens is 216 g/mol. The zero-order chi connectivity index (χ0) is 12.3. The summed E-state index contributed by atoms with van der Waals surface area (Å²) in [6.07, 6.45) is 4.68. The second-order valence-corrected chi connectivity index (χ2v) is 5.07. The number of aliphatic hydroxyl groups is 1. The van der Waals surface area contributed by atoms with Crippen LogP contribution < -0.4 is 0 Å². The van der Waals surface area contributed by atoms with Crippen molar-refractivity contribution < 1.29 is 9.52 Å². The van der Waals surface area contributed by atoms with Crippen LogP contribution in [0.4, 0.5) is 0 Å². The maximum Gasteiger partial charge on any atom is 0.198 e. The summed E-state index contributed by atoms with van der Waals surface area (Å²) >= 11 is 0. The van der Waals surface area contributed by atoms with E-state index in [2.05, 4.69) is 23.7 Å². The van der Waals surface area contributed by atoms with E-state index in [9.17, 15) is 0 Å². The number of nitrogens with zero attached hydrogens (tertiary/aromatic N) is 2. The SMILES string of the molecule is CC(C)N1CCCC(c2ncc(CCO)o2)C1. The lowest BCUT2D eigenvalue weighted by Crippen LogP contribution is -2.39. The zero-order valence-corrected chi connectivity index (χ0v) is 10.7. The number of aliphatic hydroxyl groups excluding tert-OH is 1. The standard InChI is InChI=1S/C13H22N2O2/c1-10(2)15-6-3-4-11(9-15)13-14-8-12(17-13)5-7-16/h8,10-11,16H,3-7,9H2,1-2H3. The summed E-state index contributed by atoms with van der Waals surface area (Å²) in [5, 5.41) is 8.86. The average molecular weight is 238 g/mol. The molecule has 1 aliphatic rings. The zero-order valence-electron chi connectivity index (χ0n) is 10.7. The third-order valence-electron chi connectivity index (χ3n) is 3.46. The third kappa shape index (κ3) is 3.07. The maximum atomic E-state index is 8.86. The summed E-state index contributed by atoms with van der Waals surface area (Å²) in [5.41, 5.74) is 0. The minimum absolute atomic E-state index is 0.122. The van der Waals surface area contributed by atoms with Gasteiger partial charge in [-0.15, -0.1) is 0 Å². The number of oxazole rings is 1. The van der Waals surface area contributed by atoms with Gasteiger partial charge in [-0.05, 0) is 33.2 Å². The molecule has 0 radical (unpaired) electrons. The van der Waals surface area contributed by atoms with E-state index in [0.717, 1.165) is 24.6 Å². The molecule has 4 nitrogen and oxygen atoms in total. The lowest BCUT2D eigenvalue weighted by molar-refractivity contribution is 0.156. The number of piperidine rings is 1. The van der Waals surface area contributed by atoms with Gasteiger partial charge in [0.2, 0.25) is 0 Å². The summed E-state index contributed by atoms with van der Waals surface area (Å²) in [4.78, 5) is 6.82. The van der Waals surface area contributed by atoms with Gasteiger partial charge in [0.05, 0.1) is 12.8 Å². The van der Waals surface area contributed by atoms with Crippen LogP contribution in [-0.4, -0.2) is 40.7 Å². The molecule has 4 heteroatoms. The lowest BCUT2D eigenvalue weighted by atomic mass is 9.97. The van der Waals surface area contributed by atoms with Crippen molar-refractivity contribution in [3.63, 3.8) is 0 Å². The molecule has 1 fully saturated rings. The molecule has 0 bridgehead atoms. The number of rotatable bonds is 4. The molecule has 0 aromatic carbocycles. The molecule has 17 heavy (non-hydrogen) atoms. The largest absolute Gasteiger partial charge is 0.445 e. The van der Waals surface area contributed by atoms with Crippen molar-refractivity contribution in [3.8, 4) is 0 Å². The Labute approximate surface area is 103 Å². The fourth-order valence-electron chi connectivity index (χ4n) is 2.41. The van der Waals surface area contributed by atoms with Gasteiger partial charge in [-0.25, -0.2) is 4.98 Å². The molecule has 0 saturated carbocycles. The third-order valence-corrected chi connectivity index (χ3v) is 3.46. The Morgan fingerprint density at radius 3 is 3.12 bits per heavy atom. The predicted molar refractivity (Wildman–Crippen MR) is 66.0 cm³/mol. The lowest BCUT2D eigenvalue weighted by Gasteiger charge is -2.34. The Kier molecular flexibility index (Phi) is 4.18. The van der Waals surface area contributed by atoms with Crippen molar-refractivity contribution in [3.05, 3.63) is 17.8 Å². The van der Waals surface area contributed by atoms with Gasteiger partial charge in [0.1, 0.15) is 5.76 Å². The van der Waals surface area contributed by atoms with Crippen LogP contribution in [0.1, 0.15) is 44.3 Å². The second kappa shape index (κ2) is 5.65. The van der Waals surface area contributed by atoms with Gasteiger partial charge >= 0.3 is 0 Å². The van der Waals surface area contributed by atoms with E-state index in [1.807, 2.05) is 0 Å². The van der Waals surface area contributed by atoms with E-state index in [1.54, 1.807) is 6.20 Å². The highest BCUT2D eigenvalue weighted by atomic mass is 16.4. The smallest absolute Gasteiger partial charge is 0.198 e. The number of hydrogen-bond acceptors (Lipinski definition) is 4. The Morgan fingerprint density at radius 2 is 2.41 bits per heavy atom. The molecule has 1 unspecified atom stereocenters. The van der Waals surface area contributed by atoms with Crippen molar-refractivity contribution in [2.45, 2.75) is 45.1 Å². The molecular formula is C13H22N2O2. The molecule has 1 saturated heterocycles. The van der Waals surface area contributed by atoms with Gasteiger partial charge in [-0.1, -0.05) is 0 Å². The quantitative estimate of drug-likeness (QED) is 0.869. The Bertz CT molecular complexity index is 349. The minimum Gasteiger partial charge on any atom is -0.445 e. The molecule has 2 heterocycles. The Morgan fingerprint density at radius 1 is 1.59 bits per heavy atom. The first-order valence-electron chi connectivity index (χ1n) is 6.50. The maximum absolute atomic E-state index is 8.86.